The third kappa shape index (κ3) is 4.77. The average molecular weight is 422 g/mol. The van der Waals surface area contributed by atoms with Crippen molar-refractivity contribution in [3.8, 4) is 0 Å². The van der Waals surface area contributed by atoms with Gasteiger partial charge in [0.1, 0.15) is 9.77 Å². The summed E-state index contributed by atoms with van der Waals surface area (Å²) in [5.41, 5.74) is -2.20. The van der Waals surface area contributed by atoms with E-state index in [0.717, 1.165) is 43.6 Å². The molecule has 12 heteroatoms. The van der Waals surface area contributed by atoms with Gasteiger partial charge in [0.25, 0.3) is 10.0 Å². The molecule has 0 aliphatic rings. The highest BCUT2D eigenvalue weighted by Crippen LogP contribution is 2.38. The normalized spacial score (nSPS) is 11.7. The van der Waals surface area contributed by atoms with Gasteiger partial charge in [-0.15, -0.1) is 11.3 Å². The van der Waals surface area contributed by atoms with E-state index >= 15 is 0 Å². The second kappa shape index (κ2) is 7.56. The smallest absolute Gasteiger partial charge is 0.418 e. The van der Waals surface area contributed by atoms with Gasteiger partial charge in [-0.25, -0.2) is 13.2 Å². The van der Waals surface area contributed by atoms with Crippen molar-refractivity contribution in [1.82, 2.24) is 0 Å². The van der Waals surface area contributed by atoms with E-state index in [2.05, 4.69) is 10.1 Å². The number of carbonyl (C=O) groups is 2. The molecule has 0 spiro atoms. The lowest BCUT2D eigenvalue weighted by molar-refractivity contribution is -0.136. The number of esters is 1. The first kappa shape index (κ1) is 20.7. The predicted octanol–water partition coefficient (Wildman–Crippen LogP) is 3.31. The van der Waals surface area contributed by atoms with Crippen LogP contribution in [-0.4, -0.2) is 27.4 Å². The number of carbonyl (C=O) groups excluding carboxylic acids is 2. The molecule has 2 rings (SSSR count). The van der Waals surface area contributed by atoms with Crippen LogP contribution in [0.5, 0.6) is 0 Å². The Balaban J connectivity index is 2.48. The lowest BCUT2D eigenvalue weighted by Crippen LogP contribution is -2.19. The van der Waals surface area contributed by atoms with Gasteiger partial charge >= 0.3 is 12.1 Å². The van der Waals surface area contributed by atoms with E-state index in [0.29, 0.717) is 6.07 Å². The van der Waals surface area contributed by atoms with Crippen LogP contribution in [-0.2, 0) is 25.7 Å². The maximum atomic E-state index is 13.3. The van der Waals surface area contributed by atoms with Gasteiger partial charge < -0.3 is 10.1 Å². The van der Waals surface area contributed by atoms with Crippen molar-refractivity contribution in [1.29, 1.82) is 0 Å². The van der Waals surface area contributed by atoms with Crippen LogP contribution in [0.2, 0.25) is 0 Å². The largest absolute Gasteiger partial charge is 0.465 e. The van der Waals surface area contributed by atoms with Crippen molar-refractivity contribution < 1.29 is 35.9 Å². The van der Waals surface area contributed by atoms with Crippen molar-refractivity contribution in [3.05, 3.63) is 40.1 Å². The number of alkyl halides is 3. The third-order valence-corrected chi connectivity index (χ3v) is 5.61. The van der Waals surface area contributed by atoms with Gasteiger partial charge in [0, 0.05) is 12.6 Å². The summed E-state index contributed by atoms with van der Waals surface area (Å²) in [5, 5.41) is 3.49. The SMILES string of the molecule is COC(=O)c1sccc1S(=O)(=O)Nc1ccc(NC(C)=O)cc1C(F)(F)F. The topological polar surface area (TPSA) is 102 Å². The van der Waals surface area contributed by atoms with Crippen LogP contribution in [0.25, 0.3) is 0 Å². The van der Waals surface area contributed by atoms with Crippen LogP contribution >= 0.6 is 11.3 Å². The van der Waals surface area contributed by atoms with E-state index in [9.17, 15) is 31.2 Å². The Morgan fingerprint density at radius 3 is 2.41 bits per heavy atom. The zero-order valence-electron chi connectivity index (χ0n) is 13.9. The van der Waals surface area contributed by atoms with Gasteiger partial charge in [-0.2, -0.15) is 13.2 Å². The molecule has 1 aromatic heterocycles. The fourth-order valence-electron chi connectivity index (χ4n) is 2.10. The molecule has 1 amide bonds. The lowest BCUT2D eigenvalue weighted by Gasteiger charge is -2.16. The molecular formula is C15H13F3N2O5S2. The van der Waals surface area contributed by atoms with Gasteiger partial charge in [-0.1, -0.05) is 0 Å². The number of methoxy groups -OCH3 is 1. The monoisotopic (exact) mass is 422 g/mol. The van der Waals surface area contributed by atoms with E-state index in [1.807, 2.05) is 4.72 Å². The minimum atomic E-state index is -4.90. The van der Waals surface area contributed by atoms with E-state index < -0.39 is 44.2 Å². The number of benzene rings is 1. The molecule has 2 aromatic rings. The average Bonchev–Trinajstić information content (AvgIpc) is 3.04. The van der Waals surface area contributed by atoms with Crippen LogP contribution in [0.3, 0.4) is 0 Å². The lowest BCUT2D eigenvalue weighted by atomic mass is 10.1. The van der Waals surface area contributed by atoms with E-state index in [1.165, 1.54) is 5.38 Å². The second-order valence-electron chi connectivity index (χ2n) is 5.15. The van der Waals surface area contributed by atoms with Crippen LogP contribution in [0.15, 0.2) is 34.5 Å². The first-order chi connectivity index (χ1) is 12.5. The van der Waals surface area contributed by atoms with Gasteiger partial charge in [-0.05, 0) is 29.6 Å². The van der Waals surface area contributed by atoms with Crippen LogP contribution in [0.1, 0.15) is 22.2 Å². The molecule has 1 heterocycles. The quantitative estimate of drug-likeness (QED) is 0.720. The maximum absolute atomic E-state index is 13.3. The zero-order chi connectivity index (χ0) is 20.4. The molecule has 0 bridgehead atoms. The summed E-state index contributed by atoms with van der Waals surface area (Å²) in [7, 11) is -3.45. The first-order valence-electron chi connectivity index (χ1n) is 7.13. The van der Waals surface area contributed by atoms with Gasteiger partial charge in [0.2, 0.25) is 5.91 Å². The first-order valence-corrected chi connectivity index (χ1v) is 9.49. The van der Waals surface area contributed by atoms with E-state index in [-0.39, 0.29) is 10.6 Å². The fourth-order valence-corrected chi connectivity index (χ4v) is 4.51. The number of halogens is 3. The summed E-state index contributed by atoms with van der Waals surface area (Å²) in [6, 6.07) is 3.67. The zero-order valence-corrected chi connectivity index (χ0v) is 15.5. The second-order valence-corrected chi connectivity index (χ2v) is 7.72. The Morgan fingerprint density at radius 2 is 1.85 bits per heavy atom. The summed E-state index contributed by atoms with van der Waals surface area (Å²) in [5.74, 6) is -1.51. The molecule has 0 unspecified atom stereocenters. The highest BCUT2D eigenvalue weighted by atomic mass is 32.2. The molecule has 2 N–H and O–H groups in total. The number of amides is 1. The summed E-state index contributed by atoms with van der Waals surface area (Å²) in [6.45, 7) is 1.12. The molecule has 0 atom stereocenters. The minimum absolute atomic E-state index is 0.149. The summed E-state index contributed by atoms with van der Waals surface area (Å²) in [4.78, 5) is 21.9. The Hall–Kier alpha value is -2.60. The fraction of sp³-hybridized carbons (Fsp3) is 0.200. The number of hydrogen-bond acceptors (Lipinski definition) is 6. The Labute approximate surface area is 156 Å². The number of anilines is 2. The Kier molecular flexibility index (Phi) is 5.80. The number of thiophene rings is 1. The molecule has 0 saturated carbocycles. The minimum Gasteiger partial charge on any atom is -0.465 e. The summed E-state index contributed by atoms with van der Waals surface area (Å²) in [6.07, 6.45) is -4.90. The van der Waals surface area contributed by atoms with Crippen LogP contribution in [0, 0.1) is 0 Å². The number of hydrogen-bond donors (Lipinski definition) is 2. The summed E-state index contributed by atoms with van der Waals surface area (Å²) >= 11 is 0.775. The molecule has 0 aliphatic carbocycles. The predicted molar refractivity (Wildman–Crippen MR) is 92.2 cm³/mol. The van der Waals surface area contributed by atoms with Crippen LogP contribution in [0.4, 0.5) is 24.5 Å². The standard InChI is InChI=1S/C15H13F3N2O5S2/c1-8(21)19-9-3-4-11(10(7-9)15(16,17)18)20-27(23,24)12-5-6-26-13(12)14(22)25-2/h3-7,20H,1-2H3,(H,19,21). The van der Waals surface area contributed by atoms with Crippen molar-refractivity contribution >= 4 is 44.6 Å². The third-order valence-electron chi connectivity index (χ3n) is 3.18. The van der Waals surface area contributed by atoms with E-state index in [4.69, 9.17) is 0 Å². The van der Waals surface area contributed by atoms with Crippen molar-refractivity contribution in [3.63, 3.8) is 0 Å². The molecule has 0 aliphatic heterocycles. The number of sulfonamides is 1. The molecule has 0 radical (unpaired) electrons. The van der Waals surface area contributed by atoms with Gasteiger partial charge in [-0.3, -0.25) is 9.52 Å². The molecule has 7 nitrogen and oxygen atoms in total. The maximum Gasteiger partial charge on any atom is 0.418 e. The molecule has 146 valence electrons. The summed E-state index contributed by atoms with van der Waals surface area (Å²) < 4.78 is 71.3. The van der Waals surface area contributed by atoms with Crippen molar-refractivity contribution in [2.45, 2.75) is 18.0 Å². The molecule has 27 heavy (non-hydrogen) atoms. The van der Waals surface area contributed by atoms with E-state index in [1.54, 1.807) is 0 Å². The molecule has 0 saturated heterocycles. The van der Waals surface area contributed by atoms with Gasteiger partial charge in [0.15, 0.2) is 0 Å². The van der Waals surface area contributed by atoms with Crippen LogP contribution < -0.4 is 10.0 Å². The molecular weight excluding hydrogens is 409 g/mol. The van der Waals surface area contributed by atoms with Crippen molar-refractivity contribution in [2.75, 3.05) is 17.1 Å². The molecule has 1 aromatic carbocycles. The number of rotatable bonds is 5. The number of nitrogens with one attached hydrogen (secondary N) is 2. The molecule has 0 fully saturated rings. The van der Waals surface area contributed by atoms with Gasteiger partial charge in [0.05, 0.1) is 18.4 Å². The van der Waals surface area contributed by atoms with Crippen molar-refractivity contribution in [2.24, 2.45) is 0 Å². The highest BCUT2D eigenvalue weighted by Gasteiger charge is 2.36. The Morgan fingerprint density at radius 1 is 1.19 bits per heavy atom. The highest BCUT2D eigenvalue weighted by molar-refractivity contribution is 7.93. The number of ether oxygens (including phenoxy) is 1. The Bertz CT molecular complexity index is 984.